The first kappa shape index (κ1) is 14.2. The van der Waals surface area contributed by atoms with Crippen LogP contribution in [0.25, 0.3) is 0 Å². The number of aliphatic hydroxyl groups is 1. The Labute approximate surface area is 108 Å². The fourth-order valence-corrected chi connectivity index (χ4v) is 3.79. The molecule has 106 valence electrons. The summed E-state index contributed by atoms with van der Waals surface area (Å²) in [5.41, 5.74) is -0.962. The van der Waals surface area contributed by atoms with Crippen LogP contribution < -0.4 is 4.72 Å². The zero-order valence-corrected chi connectivity index (χ0v) is 11.2. The predicted molar refractivity (Wildman–Crippen MR) is 65.8 cm³/mol. The van der Waals surface area contributed by atoms with Crippen LogP contribution in [-0.4, -0.2) is 57.3 Å². The SMILES string of the molecule is O=S(=O)(NCC1(O)CCOCC1)C1CCOCC1. The summed E-state index contributed by atoms with van der Waals surface area (Å²) in [5, 5.41) is 9.81. The Kier molecular flexibility index (Phi) is 4.60. The number of sulfonamides is 1. The van der Waals surface area contributed by atoms with E-state index < -0.39 is 20.9 Å². The molecule has 0 unspecified atom stereocenters. The van der Waals surface area contributed by atoms with Crippen LogP contribution in [0, 0.1) is 0 Å². The Balaban J connectivity index is 1.87. The summed E-state index contributed by atoms with van der Waals surface area (Å²) in [4.78, 5) is 0. The first-order chi connectivity index (χ1) is 8.52. The molecule has 7 heteroatoms. The Bertz CT molecular complexity index is 358. The number of hydrogen-bond acceptors (Lipinski definition) is 5. The van der Waals surface area contributed by atoms with Crippen molar-refractivity contribution in [3.8, 4) is 0 Å². The minimum atomic E-state index is -3.35. The molecule has 0 aromatic heterocycles. The van der Waals surface area contributed by atoms with E-state index in [0.29, 0.717) is 52.1 Å². The molecule has 2 rings (SSSR count). The normalized spacial score (nSPS) is 26.1. The van der Waals surface area contributed by atoms with Crippen molar-refractivity contribution in [2.24, 2.45) is 0 Å². The lowest BCUT2D eigenvalue weighted by molar-refractivity contribution is -0.0589. The molecule has 18 heavy (non-hydrogen) atoms. The first-order valence-electron chi connectivity index (χ1n) is 6.38. The zero-order chi connectivity index (χ0) is 13.1. The summed E-state index contributed by atoms with van der Waals surface area (Å²) in [6, 6.07) is 0. The lowest BCUT2D eigenvalue weighted by Crippen LogP contribution is -2.49. The van der Waals surface area contributed by atoms with Gasteiger partial charge in [0, 0.05) is 45.8 Å². The Morgan fingerprint density at radius 2 is 1.67 bits per heavy atom. The topological polar surface area (TPSA) is 84.9 Å². The molecule has 0 spiro atoms. The third kappa shape index (κ3) is 3.64. The van der Waals surface area contributed by atoms with Crippen LogP contribution in [0.2, 0.25) is 0 Å². The Morgan fingerprint density at radius 3 is 2.28 bits per heavy atom. The molecule has 0 aromatic carbocycles. The second kappa shape index (κ2) is 5.83. The van der Waals surface area contributed by atoms with Crippen LogP contribution in [0.1, 0.15) is 25.7 Å². The summed E-state index contributed by atoms with van der Waals surface area (Å²) in [6.07, 6.45) is 2.00. The maximum absolute atomic E-state index is 12.1. The van der Waals surface area contributed by atoms with Gasteiger partial charge in [-0.15, -0.1) is 0 Å². The highest BCUT2D eigenvalue weighted by Gasteiger charge is 2.34. The van der Waals surface area contributed by atoms with E-state index in [4.69, 9.17) is 9.47 Å². The van der Waals surface area contributed by atoms with Gasteiger partial charge in [-0.1, -0.05) is 0 Å². The van der Waals surface area contributed by atoms with Crippen molar-refractivity contribution >= 4 is 10.0 Å². The third-order valence-electron chi connectivity index (χ3n) is 3.63. The molecule has 6 nitrogen and oxygen atoms in total. The standard InChI is InChI=1S/C11H21NO5S/c13-11(3-7-17-8-4-11)9-12-18(14,15)10-1-5-16-6-2-10/h10,12-13H,1-9H2. The molecular formula is C11H21NO5S. The van der Waals surface area contributed by atoms with Crippen LogP contribution in [0.5, 0.6) is 0 Å². The summed E-state index contributed by atoms with van der Waals surface area (Å²) >= 11 is 0. The van der Waals surface area contributed by atoms with Gasteiger partial charge in [0.2, 0.25) is 10.0 Å². The molecule has 0 radical (unpaired) electrons. The maximum Gasteiger partial charge on any atom is 0.214 e. The van der Waals surface area contributed by atoms with Gasteiger partial charge in [-0.05, 0) is 12.8 Å². The van der Waals surface area contributed by atoms with Gasteiger partial charge >= 0.3 is 0 Å². The van der Waals surface area contributed by atoms with E-state index in [1.165, 1.54) is 0 Å². The average molecular weight is 279 g/mol. The fourth-order valence-electron chi connectivity index (χ4n) is 2.27. The molecule has 0 aromatic rings. The predicted octanol–water partition coefficient (Wildman–Crippen LogP) is -0.374. The van der Waals surface area contributed by atoms with E-state index in [9.17, 15) is 13.5 Å². The Morgan fingerprint density at radius 1 is 1.11 bits per heavy atom. The largest absolute Gasteiger partial charge is 0.388 e. The molecule has 2 saturated heterocycles. The number of rotatable bonds is 4. The summed E-state index contributed by atoms with van der Waals surface area (Å²) in [7, 11) is -3.35. The average Bonchev–Trinajstić information content (AvgIpc) is 2.39. The Hall–Kier alpha value is -0.210. The number of nitrogens with one attached hydrogen (secondary N) is 1. The third-order valence-corrected chi connectivity index (χ3v) is 5.53. The van der Waals surface area contributed by atoms with Crippen molar-refractivity contribution < 1.29 is 23.0 Å². The van der Waals surface area contributed by atoms with Gasteiger partial charge in [-0.3, -0.25) is 0 Å². The molecule has 2 aliphatic heterocycles. The molecule has 0 aliphatic carbocycles. The lowest BCUT2D eigenvalue weighted by Gasteiger charge is -2.33. The molecule has 0 bridgehead atoms. The van der Waals surface area contributed by atoms with E-state index in [2.05, 4.69) is 4.72 Å². The minimum absolute atomic E-state index is 0.0794. The van der Waals surface area contributed by atoms with Crippen molar-refractivity contribution in [1.29, 1.82) is 0 Å². The van der Waals surface area contributed by atoms with Gasteiger partial charge in [0.1, 0.15) is 0 Å². The van der Waals surface area contributed by atoms with Crippen molar-refractivity contribution in [3.05, 3.63) is 0 Å². The van der Waals surface area contributed by atoms with Gasteiger partial charge < -0.3 is 14.6 Å². The van der Waals surface area contributed by atoms with Crippen LogP contribution >= 0.6 is 0 Å². The highest BCUT2D eigenvalue weighted by Crippen LogP contribution is 2.21. The molecule has 2 N–H and O–H groups in total. The van der Waals surface area contributed by atoms with Crippen LogP contribution in [0.3, 0.4) is 0 Å². The maximum atomic E-state index is 12.1. The van der Waals surface area contributed by atoms with Crippen molar-refractivity contribution in [1.82, 2.24) is 4.72 Å². The second-order valence-corrected chi connectivity index (χ2v) is 7.06. The van der Waals surface area contributed by atoms with E-state index in [1.807, 2.05) is 0 Å². The molecular weight excluding hydrogens is 258 g/mol. The molecule has 0 saturated carbocycles. The minimum Gasteiger partial charge on any atom is -0.388 e. The van der Waals surface area contributed by atoms with Gasteiger partial charge in [-0.25, -0.2) is 13.1 Å². The van der Waals surface area contributed by atoms with Crippen LogP contribution in [0.15, 0.2) is 0 Å². The van der Waals surface area contributed by atoms with Gasteiger partial charge in [0.05, 0.1) is 10.9 Å². The van der Waals surface area contributed by atoms with Crippen molar-refractivity contribution in [3.63, 3.8) is 0 Å². The van der Waals surface area contributed by atoms with E-state index in [-0.39, 0.29) is 6.54 Å². The molecule has 0 amide bonds. The second-order valence-electron chi connectivity index (χ2n) is 5.01. The first-order valence-corrected chi connectivity index (χ1v) is 7.93. The highest BCUT2D eigenvalue weighted by molar-refractivity contribution is 7.90. The van der Waals surface area contributed by atoms with Gasteiger partial charge in [0.15, 0.2) is 0 Å². The number of hydrogen-bond donors (Lipinski definition) is 2. The molecule has 0 atom stereocenters. The highest BCUT2D eigenvalue weighted by atomic mass is 32.2. The van der Waals surface area contributed by atoms with Crippen molar-refractivity contribution in [2.45, 2.75) is 36.5 Å². The number of ether oxygens (including phenoxy) is 2. The summed E-state index contributed by atoms with van der Waals surface area (Å²) < 4.78 is 37.0. The van der Waals surface area contributed by atoms with E-state index in [1.54, 1.807) is 0 Å². The zero-order valence-electron chi connectivity index (χ0n) is 10.4. The summed E-state index contributed by atoms with van der Waals surface area (Å²) in [6.45, 7) is 2.02. The van der Waals surface area contributed by atoms with E-state index in [0.717, 1.165) is 0 Å². The van der Waals surface area contributed by atoms with Crippen molar-refractivity contribution in [2.75, 3.05) is 33.0 Å². The quantitative estimate of drug-likeness (QED) is 0.733. The lowest BCUT2D eigenvalue weighted by atomic mass is 9.95. The van der Waals surface area contributed by atoms with Gasteiger partial charge in [0.25, 0.3) is 0 Å². The smallest absolute Gasteiger partial charge is 0.214 e. The fraction of sp³-hybridized carbons (Fsp3) is 1.00. The summed E-state index contributed by atoms with van der Waals surface area (Å²) in [5.74, 6) is 0. The van der Waals surface area contributed by atoms with Crippen LogP contribution in [-0.2, 0) is 19.5 Å². The van der Waals surface area contributed by atoms with E-state index >= 15 is 0 Å². The monoisotopic (exact) mass is 279 g/mol. The molecule has 2 aliphatic rings. The van der Waals surface area contributed by atoms with Crippen LogP contribution in [0.4, 0.5) is 0 Å². The van der Waals surface area contributed by atoms with Gasteiger partial charge in [-0.2, -0.15) is 0 Å². The molecule has 2 fully saturated rings. The molecule has 2 heterocycles.